The fraction of sp³-hybridized carbons (Fsp3) is 0.593. The van der Waals surface area contributed by atoms with Crippen molar-refractivity contribution >= 4 is 18.0 Å². The summed E-state index contributed by atoms with van der Waals surface area (Å²) in [5.41, 5.74) is 0.355. The van der Waals surface area contributed by atoms with Crippen molar-refractivity contribution in [2.45, 2.75) is 77.9 Å². The number of amides is 1. The first-order chi connectivity index (χ1) is 16.5. The van der Waals surface area contributed by atoms with Gasteiger partial charge in [-0.3, -0.25) is 0 Å². The lowest BCUT2D eigenvalue weighted by Crippen LogP contribution is -2.43. The quantitative estimate of drug-likeness (QED) is 0.180. The van der Waals surface area contributed by atoms with Crippen molar-refractivity contribution in [3.63, 3.8) is 0 Å². The van der Waals surface area contributed by atoms with Gasteiger partial charge >= 0.3 is 18.0 Å². The molecule has 1 aromatic rings. The lowest BCUT2D eigenvalue weighted by molar-refractivity contribution is -0.139. The Morgan fingerprint density at radius 1 is 0.971 bits per heavy atom. The molecule has 0 radical (unpaired) electrons. The number of benzene rings is 1. The zero-order chi connectivity index (χ0) is 25.8. The van der Waals surface area contributed by atoms with Crippen LogP contribution in [0.3, 0.4) is 0 Å². The Morgan fingerprint density at radius 3 is 2.14 bits per heavy atom. The third kappa shape index (κ3) is 10.8. The molecule has 0 unspecified atom stereocenters. The molecule has 0 atom stereocenters. The molecule has 1 amide bonds. The summed E-state index contributed by atoms with van der Waals surface area (Å²) in [7, 11) is 0. The monoisotopic (exact) mass is 489 g/mol. The Hall–Kier alpha value is -3.03. The molecule has 194 valence electrons. The predicted octanol–water partition coefficient (Wildman–Crippen LogP) is 5.30. The van der Waals surface area contributed by atoms with E-state index in [0.717, 1.165) is 25.7 Å². The van der Waals surface area contributed by atoms with Gasteiger partial charge in [0.2, 0.25) is 0 Å². The molecule has 0 bridgehead atoms. The van der Waals surface area contributed by atoms with Crippen LogP contribution in [0.4, 0.5) is 4.79 Å². The van der Waals surface area contributed by atoms with Crippen LogP contribution in [0.15, 0.2) is 36.4 Å². The number of esters is 2. The van der Waals surface area contributed by atoms with Crippen LogP contribution in [0.2, 0.25) is 0 Å². The van der Waals surface area contributed by atoms with E-state index in [0.29, 0.717) is 56.0 Å². The smallest absolute Gasteiger partial charge is 0.410 e. The Labute approximate surface area is 208 Å². The van der Waals surface area contributed by atoms with Crippen LogP contribution in [0.5, 0.6) is 5.75 Å². The minimum atomic E-state index is -0.529. The van der Waals surface area contributed by atoms with Gasteiger partial charge in [-0.1, -0.05) is 6.58 Å². The molecule has 8 heteroatoms. The summed E-state index contributed by atoms with van der Waals surface area (Å²) in [4.78, 5) is 37.6. The maximum Gasteiger partial charge on any atom is 0.410 e. The average Bonchev–Trinajstić information content (AvgIpc) is 2.80. The van der Waals surface area contributed by atoms with Crippen molar-refractivity contribution in [1.29, 1.82) is 0 Å². The van der Waals surface area contributed by atoms with E-state index in [-0.39, 0.29) is 24.1 Å². The second-order valence-corrected chi connectivity index (χ2v) is 9.78. The molecule has 1 aromatic carbocycles. The van der Waals surface area contributed by atoms with Crippen LogP contribution in [-0.4, -0.2) is 60.9 Å². The Balaban J connectivity index is 1.61. The molecule has 1 saturated heterocycles. The number of hydrogen-bond acceptors (Lipinski definition) is 7. The maximum atomic E-state index is 12.5. The first-order valence-corrected chi connectivity index (χ1v) is 12.3. The average molecular weight is 490 g/mol. The Kier molecular flexibility index (Phi) is 11.1. The van der Waals surface area contributed by atoms with Crippen LogP contribution in [0, 0.1) is 0 Å². The summed E-state index contributed by atoms with van der Waals surface area (Å²) in [6, 6.07) is 6.92. The van der Waals surface area contributed by atoms with Crippen molar-refractivity contribution in [3.8, 4) is 5.75 Å². The number of nitrogens with zero attached hydrogens (tertiary/aromatic N) is 1. The zero-order valence-electron chi connectivity index (χ0n) is 21.5. The highest BCUT2D eigenvalue weighted by Gasteiger charge is 2.28. The standard InChI is InChI=1S/C27H39NO7/c1-20(2)24(29)33-19-9-7-6-8-18-32-22-12-10-21(11-13-22)25(30)34-23-14-16-28(17-15-23)26(31)35-27(3,4)5/h10-13,23H,1,6-9,14-19H2,2-5H3. The van der Waals surface area contributed by atoms with E-state index in [2.05, 4.69) is 6.58 Å². The molecule has 8 nitrogen and oxygen atoms in total. The van der Waals surface area contributed by atoms with Gasteiger partial charge in [0.05, 0.1) is 18.8 Å². The number of ether oxygens (including phenoxy) is 4. The molecular formula is C27H39NO7. The zero-order valence-corrected chi connectivity index (χ0v) is 21.5. The summed E-state index contributed by atoms with van der Waals surface area (Å²) < 4.78 is 21.8. The molecule has 1 aliphatic rings. The molecule has 1 aliphatic heterocycles. The summed E-state index contributed by atoms with van der Waals surface area (Å²) in [6.07, 6.45) is 4.25. The van der Waals surface area contributed by atoms with Gasteiger partial charge in [0, 0.05) is 31.5 Å². The van der Waals surface area contributed by atoms with Gasteiger partial charge in [-0.05, 0) is 77.6 Å². The molecule has 2 rings (SSSR count). The number of unbranched alkanes of at least 4 members (excludes halogenated alkanes) is 3. The summed E-state index contributed by atoms with van der Waals surface area (Å²) >= 11 is 0. The van der Waals surface area contributed by atoms with Gasteiger partial charge in [0.1, 0.15) is 17.5 Å². The third-order valence-electron chi connectivity index (χ3n) is 5.35. The first kappa shape index (κ1) is 28.2. The van der Waals surface area contributed by atoms with E-state index in [1.54, 1.807) is 36.1 Å². The van der Waals surface area contributed by atoms with Crippen molar-refractivity contribution in [2.24, 2.45) is 0 Å². The number of likely N-dealkylation sites (tertiary alicyclic amines) is 1. The molecule has 1 fully saturated rings. The number of hydrogen-bond donors (Lipinski definition) is 0. The predicted molar refractivity (Wildman–Crippen MR) is 132 cm³/mol. The van der Waals surface area contributed by atoms with E-state index >= 15 is 0 Å². The highest BCUT2D eigenvalue weighted by atomic mass is 16.6. The van der Waals surface area contributed by atoms with Crippen LogP contribution >= 0.6 is 0 Å². The van der Waals surface area contributed by atoms with Crippen LogP contribution in [-0.2, 0) is 19.0 Å². The third-order valence-corrected chi connectivity index (χ3v) is 5.35. The van der Waals surface area contributed by atoms with Gasteiger partial charge < -0.3 is 23.8 Å². The van der Waals surface area contributed by atoms with Gasteiger partial charge in [-0.25, -0.2) is 14.4 Å². The van der Waals surface area contributed by atoms with Crippen LogP contribution < -0.4 is 4.74 Å². The number of piperidine rings is 1. The van der Waals surface area contributed by atoms with E-state index in [1.165, 1.54) is 0 Å². The normalized spacial score (nSPS) is 14.2. The van der Waals surface area contributed by atoms with Crippen LogP contribution in [0.25, 0.3) is 0 Å². The minimum Gasteiger partial charge on any atom is -0.494 e. The lowest BCUT2D eigenvalue weighted by atomic mass is 10.1. The van der Waals surface area contributed by atoms with Gasteiger partial charge in [-0.2, -0.15) is 0 Å². The molecule has 35 heavy (non-hydrogen) atoms. The number of rotatable bonds is 11. The van der Waals surface area contributed by atoms with Crippen molar-refractivity contribution in [3.05, 3.63) is 42.0 Å². The van der Waals surface area contributed by atoms with E-state index < -0.39 is 5.60 Å². The molecule has 0 saturated carbocycles. The first-order valence-electron chi connectivity index (χ1n) is 12.3. The second-order valence-electron chi connectivity index (χ2n) is 9.78. The number of carbonyl (C=O) groups excluding carboxylic acids is 3. The van der Waals surface area contributed by atoms with Crippen molar-refractivity contribution < 1.29 is 33.3 Å². The largest absolute Gasteiger partial charge is 0.494 e. The van der Waals surface area contributed by atoms with Crippen molar-refractivity contribution in [2.75, 3.05) is 26.3 Å². The minimum absolute atomic E-state index is 0.221. The summed E-state index contributed by atoms with van der Waals surface area (Å²) in [5.74, 6) is -0.0218. The molecule has 0 aromatic heterocycles. The van der Waals surface area contributed by atoms with E-state index in [9.17, 15) is 14.4 Å². The Morgan fingerprint density at radius 2 is 1.57 bits per heavy atom. The topological polar surface area (TPSA) is 91.4 Å². The van der Waals surface area contributed by atoms with Crippen LogP contribution in [0.1, 0.15) is 76.6 Å². The second kappa shape index (κ2) is 13.8. The summed E-state index contributed by atoms with van der Waals surface area (Å²) in [5, 5.41) is 0. The highest BCUT2D eigenvalue weighted by Crippen LogP contribution is 2.20. The fourth-order valence-electron chi connectivity index (χ4n) is 3.43. The van der Waals surface area contributed by atoms with Gasteiger partial charge in [0.25, 0.3) is 0 Å². The maximum absolute atomic E-state index is 12.5. The molecule has 0 spiro atoms. The van der Waals surface area contributed by atoms with E-state index in [1.807, 2.05) is 20.8 Å². The SMILES string of the molecule is C=C(C)C(=O)OCCCCCCOc1ccc(C(=O)OC2CCN(C(=O)OC(C)(C)C)CC2)cc1. The van der Waals surface area contributed by atoms with Gasteiger partial charge in [0.15, 0.2) is 0 Å². The lowest BCUT2D eigenvalue weighted by Gasteiger charge is -2.33. The van der Waals surface area contributed by atoms with Gasteiger partial charge in [-0.15, -0.1) is 0 Å². The molecule has 0 N–H and O–H groups in total. The fourth-order valence-corrected chi connectivity index (χ4v) is 3.43. The Bertz CT molecular complexity index is 849. The highest BCUT2D eigenvalue weighted by molar-refractivity contribution is 5.89. The number of carbonyl (C=O) groups is 3. The van der Waals surface area contributed by atoms with Crippen molar-refractivity contribution in [1.82, 2.24) is 4.90 Å². The molecular weight excluding hydrogens is 450 g/mol. The molecule has 0 aliphatic carbocycles. The molecule has 1 heterocycles. The summed E-state index contributed by atoms with van der Waals surface area (Å²) in [6.45, 7) is 12.7. The van der Waals surface area contributed by atoms with E-state index in [4.69, 9.17) is 18.9 Å².